The van der Waals surface area contributed by atoms with E-state index >= 15 is 0 Å². The molecular weight excluding hydrogens is 344 g/mol. The molecule has 1 aliphatic rings. The summed E-state index contributed by atoms with van der Waals surface area (Å²) in [5, 5.41) is 4.90. The van der Waals surface area contributed by atoms with Gasteiger partial charge in [0.25, 0.3) is 0 Å². The summed E-state index contributed by atoms with van der Waals surface area (Å²) in [6.45, 7) is 4.45. The molecule has 130 valence electrons. The van der Waals surface area contributed by atoms with Crippen LogP contribution in [-0.4, -0.2) is 37.3 Å². The van der Waals surface area contributed by atoms with Gasteiger partial charge in [-0.1, -0.05) is 30.3 Å². The van der Waals surface area contributed by atoms with Crippen LogP contribution in [0.1, 0.15) is 22.9 Å². The van der Waals surface area contributed by atoms with Crippen molar-refractivity contribution in [1.82, 2.24) is 10.2 Å². The smallest absolute Gasteiger partial charge is 0.0696 e. The Morgan fingerprint density at radius 3 is 2.68 bits per heavy atom. The highest BCUT2D eigenvalue weighted by molar-refractivity contribution is 7.98. The molecule has 25 heavy (non-hydrogen) atoms. The number of nitrogens with one attached hydrogen (secondary N) is 1. The van der Waals surface area contributed by atoms with Gasteiger partial charge >= 0.3 is 0 Å². The molecule has 2 aromatic carbocycles. The third-order valence-corrected chi connectivity index (χ3v) is 6.80. The van der Waals surface area contributed by atoms with Crippen LogP contribution in [0.15, 0.2) is 59.5 Å². The predicted molar refractivity (Wildman–Crippen MR) is 111 cm³/mol. The molecule has 4 rings (SSSR count). The Labute approximate surface area is 158 Å². The number of hydrogen-bond acceptors (Lipinski definition) is 4. The zero-order valence-electron chi connectivity index (χ0n) is 14.6. The minimum Gasteiger partial charge on any atom is -0.315 e. The van der Waals surface area contributed by atoms with Crippen LogP contribution in [0.3, 0.4) is 0 Å². The van der Waals surface area contributed by atoms with Gasteiger partial charge in [0, 0.05) is 34.1 Å². The molecule has 2 nitrogen and oxygen atoms in total. The maximum Gasteiger partial charge on any atom is 0.0696 e. The molecule has 1 unspecified atom stereocenters. The van der Waals surface area contributed by atoms with Crippen LogP contribution in [0.5, 0.6) is 0 Å². The standard InChI is InChI=1S/C21H24N2S2/c1-24-18-9-7-16(8-10-18)21(23-13-4-11-22-12-14-23)20-15-17-5-2-3-6-19(17)25-20/h2-3,5-10,15,21-22H,4,11-14H2,1H3. The molecule has 0 aliphatic carbocycles. The van der Waals surface area contributed by atoms with Crippen molar-refractivity contribution in [3.8, 4) is 0 Å². The van der Waals surface area contributed by atoms with E-state index in [9.17, 15) is 0 Å². The number of rotatable bonds is 4. The summed E-state index contributed by atoms with van der Waals surface area (Å²) in [6, 6.07) is 20.6. The molecule has 4 heteroatoms. The quantitative estimate of drug-likeness (QED) is 0.652. The molecule has 1 N–H and O–H groups in total. The average Bonchev–Trinajstić information content (AvgIpc) is 2.89. The Morgan fingerprint density at radius 2 is 1.88 bits per heavy atom. The molecule has 1 aliphatic heterocycles. The van der Waals surface area contributed by atoms with Gasteiger partial charge in [0.15, 0.2) is 0 Å². The maximum absolute atomic E-state index is 3.54. The van der Waals surface area contributed by atoms with E-state index in [-0.39, 0.29) is 0 Å². The van der Waals surface area contributed by atoms with Gasteiger partial charge in [-0.05, 0) is 54.4 Å². The summed E-state index contributed by atoms with van der Waals surface area (Å²) in [5.41, 5.74) is 1.41. The number of thioether (sulfide) groups is 1. The molecule has 0 saturated carbocycles. The SMILES string of the molecule is CSc1ccc(C(c2cc3ccccc3s2)N2CCCNCC2)cc1. The van der Waals surface area contributed by atoms with E-state index in [2.05, 4.69) is 71.1 Å². The Bertz CT molecular complexity index is 784. The number of hydrogen-bond donors (Lipinski definition) is 1. The highest BCUT2D eigenvalue weighted by atomic mass is 32.2. The summed E-state index contributed by atoms with van der Waals surface area (Å²) >= 11 is 3.75. The van der Waals surface area contributed by atoms with Crippen molar-refractivity contribution in [3.05, 3.63) is 65.0 Å². The van der Waals surface area contributed by atoms with Crippen LogP contribution >= 0.6 is 23.1 Å². The lowest BCUT2D eigenvalue weighted by Crippen LogP contribution is -2.32. The van der Waals surface area contributed by atoms with Crippen molar-refractivity contribution < 1.29 is 0 Å². The molecule has 3 aromatic rings. The van der Waals surface area contributed by atoms with E-state index in [1.54, 1.807) is 11.8 Å². The largest absolute Gasteiger partial charge is 0.315 e. The summed E-state index contributed by atoms with van der Waals surface area (Å²) in [4.78, 5) is 5.44. The fourth-order valence-electron chi connectivity index (χ4n) is 3.60. The zero-order chi connectivity index (χ0) is 17.1. The van der Waals surface area contributed by atoms with E-state index in [1.807, 2.05) is 11.3 Å². The highest BCUT2D eigenvalue weighted by Crippen LogP contribution is 2.37. The van der Waals surface area contributed by atoms with Crippen LogP contribution in [0.4, 0.5) is 0 Å². The molecule has 0 bridgehead atoms. The normalized spacial score (nSPS) is 17.5. The first kappa shape index (κ1) is 17.1. The number of nitrogens with zero attached hydrogens (tertiary/aromatic N) is 1. The van der Waals surface area contributed by atoms with Crippen LogP contribution in [0.25, 0.3) is 10.1 Å². The monoisotopic (exact) mass is 368 g/mol. The predicted octanol–water partition coefficient (Wildman–Crippen LogP) is 5.01. The third kappa shape index (κ3) is 3.77. The Balaban J connectivity index is 1.75. The van der Waals surface area contributed by atoms with Gasteiger partial charge in [0.2, 0.25) is 0 Å². The topological polar surface area (TPSA) is 15.3 Å². The van der Waals surface area contributed by atoms with Crippen LogP contribution in [-0.2, 0) is 0 Å². The first-order valence-corrected chi connectivity index (χ1v) is 11.0. The maximum atomic E-state index is 3.54. The second-order valence-corrected chi connectivity index (χ2v) is 8.50. The van der Waals surface area contributed by atoms with Gasteiger partial charge < -0.3 is 5.32 Å². The van der Waals surface area contributed by atoms with Gasteiger partial charge in [-0.3, -0.25) is 4.90 Å². The van der Waals surface area contributed by atoms with E-state index < -0.39 is 0 Å². The van der Waals surface area contributed by atoms with E-state index in [0.717, 1.165) is 26.2 Å². The minimum absolute atomic E-state index is 0.355. The molecule has 2 heterocycles. The number of fused-ring (bicyclic) bond motifs is 1. The molecular formula is C21H24N2S2. The molecule has 1 fully saturated rings. The lowest BCUT2D eigenvalue weighted by molar-refractivity contribution is 0.244. The molecule has 1 saturated heterocycles. The van der Waals surface area contributed by atoms with Crippen LogP contribution in [0, 0.1) is 0 Å². The summed E-state index contributed by atoms with van der Waals surface area (Å²) in [7, 11) is 0. The van der Waals surface area contributed by atoms with Crippen molar-refractivity contribution >= 4 is 33.2 Å². The molecule has 0 radical (unpaired) electrons. The van der Waals surface area contributed by atoms with Crippen molar-refractivity contribution in [2.75, 3.05) is 32.4 Å². The first-order valence-electron chi connectivity index (χ1n) is 8.92. The number of thiophene rings is 1. The summed E-state index contributed by atoms with van der Waals surface area (Å²) in [6.07, 6.45) is 3.35. The zero-order valence-corrected chi connectivity index (χ0v) is 16.2. The fourth-order valence-corrected chi connectivity index (χ4v) is 5.24. The third-order valence-electron chi connectivity index (χ3n) is 4.89. The van der Waals surface area contributed by atoms with Crippen molar-refractivity contribution in [2.45, 2.75) is 17.4 Å². The average molecular weight is 369 g/mol. The van der Waals surface area contributed by atoms with E-state index in [4.69, 9.17) is 0 Å². The lowest BCUT2D eigenvalue weighted by atomic mass is 10.0. The molecule has 1 atom stereocenters. The molecule has 0 amide bonds. The first-order chi connectivity index (χ1) is 12.3. The number of benzene rings is 2. The van der Waals surface area contributed by atoms with Crippen molar-refractivity contribution in [3.63, 3.8) is 0 Å². The van der Waals surface area contributed by atoms with Crippen molar-refractivity contribution in [1.29, 1.82) is 0 Å². The van der Waals surface area contributed by atoms with Gasteiger partial charge in [-0.15, -0.1) is 23.1 Å². The highest BCUT2D eigenvalue weighted by Gasteiger charge is 2.25. The lowest BCUT2D eigenvalue weighted by Gasteiger charge is -2.30. The molecule has 1 aromatic heterocycles. The van der Waals surface area contributed by atoms with Gasteiger partial charge in [-0.2, -0.15) is 0 Å². The minimum atomic E-state index is 0.355. The molecule has 0 spiro atoms. The van der Waals surface area contributed by atoms with E-state index in [0.29, 0.717) is 6.04 Å². The Hall–Kier alpha value is -1.33. The van der Waals surface area contributed by atoms with Gasteiger partial charge in [-0.25, -0.2) is 0 Å². The van der Waals surface area contributed by atoms with Crippen LogP contribution in [0.2, 0.25) is 0 Å². The van der Waals surface area contributed by atoms with Crippen molar-refractivity contribution in [2.24, 2.45) is 0 Å². The second-order valence-electron chi connectivity index (χ2n) is 6.50. The fraction of sp³-hybridized carbons (Fsp3) is 0.333. The Morgan fingerprint density at radius 1 is 1.04 bits per heavy atom. The van der Waals surface area contributed by atoms with Gasteiger partial charge in [0.05, 0.1) is 6.04 Å². The summed E-state index contributed by atoms with van der Waals surface area (Å²) in [5.74, 6) is 0. The second kappa shape index (κ2) is 7.92. The summed E-state index contributed by atoms with van der Waals surface area (Å²) < 4.78 is 1.39. The van der Waals surface area contributed by atoms with Gasteiger partial charge in [0.1, 0.15) is 0 Å². The Kier molecular flexibility index (Phi) is 5.42. The van der Waals surface area contributed by atoms with Crippen LogP contribution < -0.4 is 5.32 Å². The van der Waals surface area contributed by atoms with E-state index in [1.165, 1.54) is 31.8 Å².